The lowest BCUT2D eigenvalue weighted by molar-refractivity contribution is 0.0953. The fourth-order valence-electron chi connectivity index (χ4n) is 1.50. The maximum absolute atomic E-state index is 11.8. The zero-order valence-electron chi connectivity index (χ0n) is 10.3. The van der Waals surface area contributed by atoms with Crippen molar-refractivity contribution in [2.24, 2.45) is 0 Å². The molecule has 1 rings (SSSR count). The van der Waals surface area contributed by atoms with E-state index in [4.69, 9.17) is 5.73 Å². The third kappa shape index (κ3) is 5.08. The molecule has 0 fully saturated rings. The first kappa shape index (κ1) is 13.8. The van der Waals surface area contributed by atoms with Crippen LogP contribution in [-0.2, 0) is 0 Å². The van der Waals surface area contributed by atoms with E-state index in [9.17, 15) is 4.79 Å². The van der Waals surface area contributed by atoms with Crippen LogP contribution in [0.25, 0.3) is 0 Å². The number of hydrogen-bond donors (Lipinski definition) is 2. The van der Waals surface area contributed by atoms with Gasteiger partial charge < -0.3 is 11.1 Å². The third-order valence-corrected chi connectivity index (χ3v) is 2.99. The average Bonchev–Trinajstić information content (AvgIpc) is 2.27. The van der Waals surface area contributed by atoms with Crippen LogP contribution in [0.3, 0.4) is 0 Å². The summed E-state index contributed by atoms with van der Waals surface area (Å²) in [6.45, 7) is 2.53. The van der Waals surface area contributed by atoms with Crippen molar-refractivity contribution in [3.63, 3.8) is 0 Å². The van der Waals surface area contributed by atoms with Crippen molar-refractivity contribution in [3.8, 4) is 0 Å². The number of aryl methyl sites for hydroxylation is 1. The first-order chi connectivity index (χ1) is 8.13. The molecule has 0 aliphatic heterocycles. The minimum absolute atomic E-state index is 0.0775. The highest BCUT2D eigenvalue weighted by atomic mass is 32.2. The number of thioether (sulfide) groups is 1. The summed E-state index contributed by atoms with van der Waals surface area (Å²) in [7, 11) is 0. The van der Waals surface area contributed by atoms with Crippen LogP contribution in [0.2, 0.25) is 0 Å². The number of nitrogens with two attached hydrogens (primary N) is 1. The van der Waals surface area contributed by atoms with Gasteiger partial charge >= 0.3 is 0 Å². The molecule has 1 aromatic rings. The second kappa shape index (κ2) is 7.17. The predicted molar refractivity (Wildman–Crippen MR) is 73.3 cm³/mol. The molecule has 0 spiro atoms. The quantitative estimate of drug-likeness (QED) is 0.759. The highest BCUT2D eigenvalue weighted by Gasteiger charge is 2.06. The maximum atomic E-state index is 11.8. The van der Waals surface area contributed by atoms with Crippen LogP contribution in [-0.4, -0.2) is 29.4 Å². The number of amides is 1. The molecule has 0 aliphatic carbocycles. The minimum atomic E-state index is -0.0775. The Bertz CT molecular complexity index is 362. The molecule has 0 radical (unpaired) electrons. The smallest absolute Gasteiger partial charge is 0.251 e. The molecule has 1 heterocycles. The molecular formula is C12H19N3OS. The molecule has 1 aromatic heterocycles. The molecule has 0 aromatic carbocycles. The molecule has 5 heteroatoms. The lowest BCUT2D eigenvalue weighted by Crippen LogP contribution is -2.24. The van der Waals surface area contributed by atoms with E-state index in [1.807, 2.05) is 18.7 Å². The van der Waals surface area contributed by atoms with Crippen molar-refractivity contribution in [2.75, 3.05) is 24.3 Å². The third-order valence-electron chi connectivity index (χ3n) is 2.30. The van der Waals surface area contributed by atoms with Gasteiger partial charge in [-0.3, -0.25) is 4.79 Å². The van der Waals surface area contributed by atoms with Crippen molar-refractivity contribution in [1.82, 2.24) is 10.3 Å². The Morgan fingerprint density at radius 2 is 2.24 bits per heavy atom. The number of unbranched alkanes of at least 4 members (excludes halogenated alkanes) is 1. The SMILES string of the molecule is CSCCCCNC(=O)c1cc(C)nc(N)c1. The summed E-state index contributed by atoms with van der Waals surface area (Å²) in [5.41, 5.74) is 6.94. The van der Waals surface area contributed by atoms with Gasteiger partial charge in [0, 0.05) is 17.8 Å². The van der Waals surface area contributed by atoms with Gasteiger partial charge in [0.1, 0.15) is 5.82 Å². The molecule has 3 N–H and O–H groups in total. The van der Waals surface area contributed by atoms with E-state index in [0.717, 1.165) is 24.3 Å². The summed E-state index contributed by atoms with van der Waals surface area (Å²) in [5, 5.41) is 2.88. The van der Waals surface area contributed by atoms with Crippen LogP contribution in [0.5, 0.6) is 0 Å². The number of rotatable bonds is 6. The van der Waals surface area contributed by atoms with Crippen LogP contribution < -0.4 is 11.1 Å². The van der Waals surface area contributed by atoms with Gasteiger partial charge in [0.2, 0.25) is 0 Å². The van der Waals surface area contributed by atoms with E-state index in [0.29, 0.717) is 17.9 Å². The van der Waals surface area contributed by atoms with Crippen molar-refractivity contribution in [1.29, 1.82) is 0 Å². The van der Waals surface area contributed by atoms with Gasteiger partial charge in [-0.1, -0.05) is 0 Å². The van der Waals surface area contributed by atoms with E-state index < -0.39 is 0 Å². The number of pyridine rings is 1. The predicted octanol–water partition coefficient (Wildman–Crippen LogP) is 1.85. The molecule has 0 atom stereocenters. The van der Waals surface area contributed by atoms with Gasteiger partial charge in [-0.05, 0) is 43.9 Å². The second-order valence-corrected chi connectivity index (χ2v) is 4.86. The Kier molecular flexibility index (Phi) is 5.83. The molecule has 0 aliphatic rings. The normalized spacial score (nSPS) is 10.2. The van der Waals surface area contributed by atoms with Crippen molar-refractivity contribution in [3.05, 3.63) is 23.4 Å². The molecule has 4 nitrogen and oxygen atoms in total. The number of carbonyl (C=O) groups is 1. The maximum Gasteiger partial charge on any atom is 0.251 e. The Morgan fingerprint density at radius 1 is 1.47 bits per heavy atom. The molecule has 0 unspecified atom stereocenters. The van der Waals surface area contributed by atoms with Gasteiger partial charge in [0.05, 0.1) is 0 Å². The molecule has 1 amide bonds. The van der Waals surface area contributed by atoms with Crippen molar-refractivity contribution < 1.29 is 4.79 Å². The molecule has 0 saturated carbocycles. The summed E-state index contributed by atoms with van der Waals surface area (Å²) in [6, 6.07) is 3.35. The first-order valence-electron chi connectivity index (χ1n) is 5.65. The molecule has 0 saturated heterocycles. The van der Waals surface area contributed by atoms with Crippen LogP contribution in [0, 0.1) is 6.92 Å². The van der Waals surface area contributed by atoms with E-state index in [1.165, 1.54) is 0 Å². The Hall–Kier alpha value is -1.23. The number of aromatic nitrogens is 1. The summed E-state index contributed by atoms with van der Waals surface area (Å²) in [5.74, 6) is 1.45. The fraction of sp³-hybridized carbons (Fsp3) is 0.500. The zero-order chi connectivity index (χ0) is 12.7. The number of nitrogens with zero attached hydrogens (tertiary/aromatic N) is 1. The van der Waals surface area contributed by atoms with Crippen molar-refractivity contribution in [2.45, 2.75) is 19.8 Å². The summed E-state index contributed by atoms with van der Waals surface area (Å²) in [4.78, 5) is 15.8. The molecule has 94 valence electrons. The average molecular weight is 253 g/mol. The summed E-state index contributed by atoms with van der Waals surface area (Å²) < 4.78 is 0. The summed E-state index contributed by atoms with van der Waals surface area (Å²) in [6.07, 6.45) is 4.21. The van der Waals surface area contributed by atoms with E-state index >= 15 is 0 Å². The largest absolute Gasteiger partial charge is 0.384 e. The van der Waals surface area contributed by atoms with E-state index in [-0.39, 0.29) is 5.91 Å². The van der Waals surface area contributed by atoms with Crippen LogP contribution in [0.4, 0.5) is 5.82 Å². The Labute approximate surface area is 106 Å². The van der Waals surface area contributed by atoms with Gasteiger partial charge in [-0.25, -0.2) is 4.98 Å². The summed E-state index contributed by atoms with van der Waals surface area (Å²) >= 11 is 1.82. The van der Waals surface area contributed by atoms with E-state index in [2.05, 4.69) is 16.6 Å². The number of nitrogens with one attached hydrogen (secondary N) is 1. The van der Waals surface area contributed by atoms with Crippen LogP contribution >= 0.6 is 11.8 Å². The standard InChI is InChI=1S/C12H19N3OS/c1-9-7-10(8-11(13)15-9)12(16)14-5-3-4-6-17-2/h7-8H,3-6H2,1-2H3,(H2,13,15)(H,14,16). The molecule has 0 bridgehead atoms. The minimum Gasteiger partial charge on any atom is -0.384 e. The molecular weight excluding hydrogens is 234 g/mol. The first-order valence-corrected chi connectivity index (χ1v) is 7.04. The highest BCUT2D eigenvalue weighted by molar-refractivity contribution is 7.98. The lowest BCUT2D eigenvalue weighted by Gasteiger charge is -2.06. The van der Waals surface area contributed by atoms with Gasteiger partial charge in [0.25, 0.3) is 5.91 Å². The molecule has 17 heavy (non-hydrogen) atoms. The monoisotopic (exact) mass is 253 g/mol. The number of anilines is 1. The van der Waals surface area contributed by atoms with E-state index in [1.54, 1.807) is 12.1 Å². The lowest BCUT2D eigenvalue weighted by atomic mass is 10.2. The highest BCUT2D eigenvalue weighted by Crippen LogP contribution is 2.07. The van der Waals surface area contributed by atoms with Crippen LogP contribution in [0.1, 0.15) is 28.9 Å². The van der Waals surface area contributed by atoms with Gasteiger partial charge in [-0.15, -0.1) is 0 Å². The zero-order valence-corrected chi connectivity index (χ0v) is 11.1. The topological polar surface area (TPSA) is 68.0 Å². The van der Waals surface area contributed by atoms with Gasteiger partial charge in [-0.2, -0.15) is 11.8 Å². The van der Waals surface area contributed by atoms with Gasteiger partial charge in [0.15, 0.2) is 0 Å². The number of nitrogen functional groups attached to an aromatic ring is 1. The van der Waals surface area contributed by atoms with Crippen LogP contribution in [0.15, 0.2) is 12.1 Å². The second-order valence-electron chi connectivity index (χ2n) is 3.88. The fourth-order valence-corrected chi connectivity index (χ4v) is 1.99. The Morgan fingerprint density at radius 3 is 2.88 bits per heavy atom. The number of carbonyl (C=O) groups excluding carboxylic acids is 1. The van der Waals surface area contributed by atoms with Crippen molar-refractivity contribution >= 4 is 23.5 Å². The number of hydrogen-bond acceptors (Lipinski definition) is 4. The Balaban J connectivity index is 2.41.